The molecule has 1 saturated heterocycles. The SMILES string of the molecule is COC1(C2CCCC(O)C2)OOC1(C(C)C)C(C)C. The van der Waals surface area contributed by atoms with Gasteiger partial charge >= 0.3 is 0 Å². The summed E-state index contributed by atoms with van der Waals surface area (Å²) in [7, 11) is 1.70. The molecule has 0 aromatic carbocycles. The van der Waals surface area contributed by atoms with Gasteiger partial charge in [0.25, 0.3) is 0 Å². The van der Waals surface area contributed by atoms with E-state index in [0.29, 0.717) is 11.8 Å². The first-order valence-corrected chi connectivity index (χ1v) is 7.50. The molecule has 2 rings (SSSR count). The molecule has 3 unspecified atom stereocenters. The van der Waals surface area contributed by atoms with Crippen LogP contribution in [0.4, 0.5) is 0 Å². The Morgan fingerprint density at radius 1 is 1.11 bits per heavy atom. The van der Waals surface area contributed by atoms with Gasteiger partial charge in [-0.2, -0.15) is 4.89 Å². The Hall–Kier alpha value is -0.160. The lowest BCUT2D eigenvalue weighted by molar-refractivity contribution is -0.636. The van der Waals surface area contributed by atoms with Gasteiger partial charge in [0.2, 0.25) is 5.79 Å². The molecule has 0 aromatic rings. The molecule has 2 fully saturated rings. The second-order valence-electron chi connectivity index (χ2n) is 6.66. The van der Waals surface area contributed by atoms with Gasteiger partial charge in [-0.15, -0.1) is 0 Å². The lowest BCUT2D eigenvalue weighted by Gasteiger charge is -2.62. The Balaban J connectivity index is 2.31. The first kappa shape index (κ1) is 15.2. The van der Waals surface area contributed by atoms with Gasteiger partial charge in [-0.25, -0.2) is 4.89 Å². The van der Waals surface area contributed by atoms with E-state index >= 15 is 0 Å². The number of hydrogen-bond donors (Lipinski definition) is 1. The van der Waals surface area contributed by atoms with Crippen LogP contribution in [0.1, 0.15) is 53.4 Å². The number of hydrogen-bond acceptors (Lipinski definition) is 4. The number of aliphatic hydroxyl groups is 1. The predicted octanol–water partition coefficient (Wildman–Crippen LogP) is 2.89. The summed E-state index contributed by atoms with van der Waals surface area (Å²) in [4.78, 5) is 11.2. The number of methoxy groups -OCH3 is 1. The number of aliphatic hydroxyl groups excluding tert-OH is 1. The van der Waals surface area contributed by atoms with Crippen molar-refractivity contribution >= 4 is 0 Å². The molecule has 3 atom stereocenters. The van der Waals surface area contributed by atoms with Gasteiger partial charge in [-0.3, -0.25) is 0 Å². The summed E-state index contributed by atoms with van der Waals surface area (Å²) in [5.41, 5.74) is -0.427. The fourth-order valence-electron chi connectivity index (χ4n) is 4.14. The highest BCUT2D eigenvalue weighted by Crippen LogP contribution is 2.57. The van der Waals surface area contributed by atoms with Crippen LogP contribution in [0.25, 0.3) is 0 Å². The number of ether oxygens (including phenoxy) is 1. The van der Waals surface area contributed by atoms with Crippen LogP contribution in [0.15, 0.2) is 0 Å². The minimum absolute atomic E-state index is 0.194. The van der Waals surface area contributed by atoms with Crippen molar-refractivity contribution in [1.82, 2.24) is 0 Å². The maximum Gasteiger partial charge on any atom is 0.237 e. The van der Waals surface area contributed by atoms with Gasteiger partial charge in [0.05, 0.1) is 6.10 Å². The van der Waals surface area contributed by atoms with E-state index in [4.69, 9.17) is 14.5 Å². The zero-order valence-electron chi connectivity index (χ0n) is 12.8. The van der Waals surface area contributed by atoms with Crippen molar-refractivity contribution in [2.45, 2.75) is 70.9 Å². The summed E-state index contributed by atoms with van der Waals surface area (Å²) in [5, 5.41) is 9.95. The van der Waals surface area contributed by atoms with Crippen LogP contribution < -0.4 is 0 Å². The zero-order chi connectivity index (χ0) is 14.3. The van der Waals surface area contributed by atoms with Crippen LogP contribution in [0.5, 0.6) is 0 Å². The van der Waals surface area contributed by atoms with E-state index in [0.717, 1.165) is 25.7 Å². The standard InChI is InChI=1S/C15H28O4/c1-10(2)14(11(3)4)15(17-5,19-18-14)12-7-6-8-13(16)9-12/h10-13,16H,6-9H2,1-5H3. The Labute approximate surface area is 116 Å². The molecule has 0 spiro atoms. The Kier molecular flexibility index (Phi) is 4.26. The normalized spacial score (nSPS) is 38.5. The summed E-state index contributed by atoms with van der Waals surface area (Å²) < 4.78 is 5.84. The molecule has 4 nitrogen and oxygen atoms in total. The van der Waals surface area contributed by atoms with Crippen molar-refractivity contribution in [2.24, 2.45) is 17.8 Å². The third-order valence-corrected chi connectivity index (χ3v) is 5.05. The highest BCUT2D eigenvalue weighted by Gasteiger charge is 2.71. The quantitative estimate of drug-likeness (QED) is 0.799. The van der Waals surface area contributed by atoms with E-state index in [9.17, 15) is 5.11 Å². The molecule has 0 radical (unpaired) electrons. The minimum Gasteiger partial charge on any atom is -0.393 e. The first-order chi connectivity index (χ1) is 8.90. The highest BCUT2D eigenvalue weighted by molar-refractivity contribution is 5.08. The van der Waals surface area contributed by atoms with Crippen molar-refractivity contribution in [3.63, 3.8) is 0 Å². The third kappa shape index (κ3) is 2.04. The fourth-order valence-corrected chi connectivity index (χ4v) is 4.14. The molecule has 4 heteroatoms. The lowest BCUT2D eigenvalue weighted by Crippen LogP contribution is -2.76. The molecule has 1 N–H and O–H groups in total. The van der Waals surface area contributed by atoms with Crippen LogP contribution >= 0.6 is 0 Å². The average Bonchev–Trinajstić information content (AvgIpc) is 2.28. The van der Waals surface area contributed by atoms with E-state index in [1.54, 1.807) is 7.11 Å². The number of rotatable bonds is 4. The molecule has 112 valence electrons. The monoisotopic (exact) mass is 272 g/mol. The Morgan fingerprint density at radius 2 is 1.74 bits per heavy atom. The molecular weight excluding hydrogens is 244 g/mol. The van der Waals surface area contributed by atoms with E-state index < -0.39 is 11.4 Å². The van der Waals surface area contributed by atoms with E-state index in [-0.39, 0.29) is 12.0 Å². The first-order valence-electron chi connectivity index (χ1n) is 7.50. The van der Waals surface area contributed by atoms with Crippen LogP contribution in [-0.2, 0) is 14.5 Å². The van der Waals surface area contributed by atoms with Crippen molar-refractivity contribution in [2.75, 3.05) is 7.11 Å². The average molecular weight is 272 g/mol. The van der Waals surface area contributed by atoms with E-state index in [1.807, 2.05) is 0 Å². The Morgan fingerprint density at radius 3 is 2.11 bits per heavy atom. The molecule has 0 bridgehead atoms. The maximum absolute atomic E-state index is 9.95. The van der Waals surface area contributed by atoms with E-state index in [2.05, 4.69) is 27.7 Å². The molecule has 19 heavy (non-hydrogen) atoms. The van der Waals surface area contributed by atoms with Gasteiger partial charge in [-0.05, 0) is 31.1 Å². The molecule has 1 aliphatic heterocycles. The fraction of sp³-hybridized carbons (Fsp3) is 1.00. The smallest absolute Gasteiger partial charge is 0.237 e. The predicted molar refractivity (Wildman–Crippen MR) is 72.3 cm³/mol. The van der Waals surface area contributed by atoms with Gasteiger partial charge < -0.3 is 9.84 Å². The largest absolute Gasteiger partial charge is 0.393 e. The van der Waals surface area contributed by atoms with Gasteiger partial charge in [0, 0.05) is 13.0 Å². The summed E-state index contributed by atoms with van der Waals surface area (Å²) in [5.74, 6) is 0.0665. The van der Waals surface area contributed by atoms with Crippen LogP contribution in [0.2, 0.25) is 0 Å². The van der Waals surface area contributed by atoms with Gasteiger partial charge in [0.1, 0.15) is 0 Å². The topological polar surface area (TPSA) is 47.9 Å². The summed E-state index contributed by atoms with van der Waals surface area (Å²) >= 11 is 0. The minimum atomic E-state index is -0.712. The highest BCUT2D eigenvalue weighted by atomic mass is 17.3. The molecule has 0 amide bonds. The van der Waals surface area contributed by atoms with E-state index in [1.165, 1.54) is 0 Å². The molecular formula is C15H28O4. The third-order valence-electron chi connectivity index (χ3n) is 5.05. The lowest BCUT2D eigenvalue weighted by atomic mass is 9.65. The molecule has 0 aromatic heterocycles. The van der Waals surface area contributed by atoms with Crippen LogP contribution in [-0.4, -0.2) is 29.7 Å². The molecule has 1 aliphatic carbocycles. The maximum atomic E-state index is 9.95. The summed E-state index contributed by atoms with van der Waals surface area (Å²) in [6.45, 7) is 8.59. The summed E-state index contributed by atoms with van der Waals surface area (Å²) in [6.07, 6.45) is 3.42. The second-order valence-corrected chi connectivity index (χ2v) is 6.66. The molecule has 2 aliphatic rings. The van der Waals surface area contributed by atoms with Gasteiger partial charge in [-0.1, -0.05) is 34.1 Å². The van der Waals surface area contributed by atoms with Gasteiger partial charge in [0.15, 0.2) is 5.60 Å². The second kappa shape index (κ2) is 5.32. The summed E-state index contributed by atoms with van der Waals surface area (Å²) in [6, 6.07) is 0. The van der Waals surface area contributed by atoms with Crippen LogP contribution in [0, 0.1) is 17.8 Å². The zero-order valence-corrected chi connectivity index (χ0v) is 12.8. The van der Waals surface area contributed by atoms with Crippen LogP contribution in [0.3, 0.4) is 0 Å². The van der Waals surface area contributed by atoms with Crippen molar-refractivity contribution in [3.05, 3.63) is 0 Å². The Bertz CT molecular complexity index is 303. The van der Waals surface area contributed by atoms with Crippen molar-refractivity contribution in [3.8, 4) is 0 Å². The van der Waals surface area contributed by atoms with Crippen molar-refractivity contribution in [1.29, 1.82) is 0 Å². The molecule has 1 saturated carbocycles. The van der Waals surface area contributed by atoms with Crippen molar-refractivity contribution < 1.29 is 19.6 Å². The molecule has 1 heterocycles.